The predicted octanol–water partition coefficient (Wildman–Crippen LogP) is 3.25. The van der Waals surface area contributed by atoms with E-state index < -0.39 is 6.04 Å². The lowest BCUT2D eigenvalue weighted by Crippen LogP contribution is -2.33. The van der Waals surface area contributed by atoms with Crippen LogP contribution in [0.5, 0.6) is 0 Å². The average molecular weight is 399 g/mol. The molecule has 3 aromatic rings. The van der Waals surface area contributed by atoms with Gasteiger partial charge in [-0.15, -0.1) is 0 Å². The number of nitrogens with zero attached hydrogens (tertiary/aromatic N) is 3. The van der Waals surface area contributed by atoms with Crippen molar-refractivity contribution in [2.24, 2.45) is 0 Å². The molecule has 0 fully saturated rings. The first kappa shape index (κ1) is 18.5. The first-order valence-electron chi connectivity index (χ1n) is 8.91. The maximum absolute atomic E-state index is 13.0. The maximum Gasteiger partial charge on any atom is 0.253 e. The van der Waals surface area contributed by atoms with Crippen molar-refractivity contribution in [3.8, 4) is 0 Å². The van der Waals surface area contributed by atoms with E-state index in [1.165, 1.54) is 0 Å². The molecule has 2 amide bonds. The van der Waals surface area contributed by atoms with Crippen LogP contribution in [-0.2, 0) is 14.3 Å². The maximum atomic E-state index is 13.0. The molecule has 1 aromatic heterocycles. The molecule has 1 aliphatic heterocycles. The number of benzene rings is 2. The molecule has 0 spiro atoms. The van der Waals surface area contributed by atoms with Gasteiger partial charge in [-0.2, -0.15) is 0 Å². The summed E-state index contributed by atoms with van der Waals surface area (Å²) in [6.07, 6.45) is 0.00217. The monoisotopic (exact) mass is 398 g/mol. The summed E-state index contributed by atoms with van der Waals surface area (Å²) in [6.45, 7) is 0.765. The fourth-order valence-electron chi connectivity index (χ4n) is 3.44. The second-order valence-electron chi connectivity index (χ2n) is 6.53. The average Bonchev–Trinajstić information content (AvgIpc) is 3.16. The van der Waals surface area contributed by atoms with E-state index in [-0.39, 0.29) is 18.2 Å². The molecule has 2 heterocycles. The van der Waals surface area contributed by atoms with Gasteiger partial charge in [0.05, 0.1) is 30.6 Å². The van der Waals surface area contributed by atoms with Gasteiger partial charge in [-0.05, 0) is 30.3 Å². The summed E-state index contributed by atoms with van der Waals surface area (Å²) in [4.78, 5) is 31.8. The Balaban J connectivity index is 1.63. The van der Waals surface area contributed by atoms with Crippen LogP contribution in [0.1, 0.15) is 12.5 Å². The SMILES string of the molecule is COCCN1C(=O)[C@H](CC(=O)Nc2cccc(Cl)c2)n2c1nc1ccccc12. The highest BCUT2D eigenvalue weighted by atomic mass is 35.5. The Bertz CT molecular complexity index is 1050. The van der Waals surface area contributed by atoms with Gasteiger partial charge in [-0.25, -0.2) is 4.98 Å². The lowest BCUT2D eigenvalue weighted by Gasteiger charge is -2.15. The van der Waals surface area contributed by atoms with Gasteiger partial charge in [0.25, 0.3) is 5.91 Å². The van der Waals surface area contributed by atoms with Crippen molar-refractivity contribution in [1.82, 2.24) is 9.55 Å². The van der Waals surface area contributed by atoms with Gasteiger partial charge in [0.1, 0.15) is 6.04 Å². The molecule has 0 aliphatic carbocycles. The van der Waals surface area contributed by atoms with Crippen LogP contribution in [0, 0.1) is 0 Å². The molecule has 0 bridgehead atoms. The van der Waals surface area contributed by atoms with Gasteiger partial charge in [0.2, 0.25) is 11.9 Å². The number of hydrogen-bond acceptors (Lipinski definition) is 4. The highest BCUT2D eigenvalue weighted by Crippen LogP contribution is 2.36. The van der Waals surface area contributed by atoms with Crippen LogP contribution < -0.4 is 10.2 Å². The second kappa shape index (κ2) is 7.61. The van der Waals surface area contributed by atoms with Crippen LogP contribution in [0.25, 0.3) is 11.0 Å². The summed E-state index contributed by atoms with van der Waals surface area (Å²) >= 11 is 5.97. The van der Waals surface area contributed by atoms with E-state index in [0.717, 1.165) is 11.0 Å². The molecule has 28 heavy (non-hydrogen) atoms. The summed E-state index contributed by atoms with van der Waals surface area (Å²) in [5.41, 5.74) is 2.20. The van der Waals surface area contributed by atoms with E-state index in [4.69, 9.17) is 16.3 Å². The minimum absolute atomic E-state index is 0.00217. The first-order valence-corrected chi connectivity index (χ1v) is 9.29. The number of aromatic nitrogens is 2. The predicted molar refractivity (Wildman–Crippen MR) is 108 cm³/mol. The summed E-state index contributed by atoms with van der Waals surface area (Å²) in [5, 5.41) is 3.34. The van der Waals surface area contributed by atoms with Crippen molar-refractivity contribution < 1.29 is 14.3 Å². The molecule has 7 nitrogen and oxygen atoms in total. The summed E-state index contributed by atoms with van der Waals surface area (Å²) in [5.74, 6) is 0.119. The number of carbonyl (C=O) groups is 2. The van der Waals surface area contributed by atoms with Crippen LogP contribution in [0.15, 0.2) is 48.5 Å². The molecule has 8 heteroatoms. The third-order valence-electron chi connectivity index (χ3n) is 4.69. The molecular weight excluding hydrogens is 380 g/mol. The normalized spacial score (nSPS) is 15.9. The van der Waals surface area contributed by atoms with E-state index >= 15 is 0 Å². The molecule has 0 saturated carbocycles. The Kier molecular flexibility index (Phi) is 5.02. The molecular formula is C20H19ClN4O3. The second-order valence-corrected chi connectivity index (χ2v) is 6.97. The van der Waals surface area contributed by atoms with E-state index in [0.29, 0.717) is 29.8 Å². The summed E-state index contributed by atoms with van der Waals surface area (Å²) in [6, 6.07) is 13.8. The number of halogens is 1. The topological polar surface area (TPSA) is 76.5 Å². The molecule has 0 saturated heterocycles. The number of carbonyl (C=O) groups excluding carboxylic acids is 2. The van der Waals surface area contributed by atoms with E-state index in [9.17, 15) is 9.59 Å². The highest BCUT2D eigenvalue weighted by Gasteiger charge is 2.40. The smallest absolute Gasteiger partial charge is 0.253 e. The molecule has 2 aromatic carbocycles. The highest BCUT2D eigenvalue weighted by molar-refractivity contribution is 6.30. The fourth-order valence-corrected chi connectivity index (χ4v) is 3.63. The van der Waals surface area contributed by atoms with Crippen molar-refractivity contribution in [1.29, 1.82) is 0 Å². The van der Waals surface area contributed by atoms with Crippen molar-refractivity contribution >= 4 is 46.1 Å². The van der Waals surface area contributed by atoms with Gasteiger partial charge in [-0.3, -0.25) is 19.1 Å². The van der Waals surface area contributed by atoms with Gasteiger partial charge in [0, 0.05) is 17.8 Å². The number of imidazole rings is 1. The number of nitrogens with one attached hydrogen (secondary N) is 1. The molecule has 1 atom stereocenters. The van der Waals surface area contributed by atoms with Crippen LogP contribution in [0.3, 0.4) is 0 Å². The standard InChI is InChI=1S/C20H19ClN4O3/c1-28-10-9-24-19(27)17(12-18(26)22-14-6-4-5-13(21)11-14)25-16-8-3-2-7-15(16)23-20(24)25/h2-8,11,17H,9-10,12H2,1H3,(H,22,26)/t17-/m0/s1. The quantitative estimate of drug-likeness (QED) is 0.691. The minimum atomic E-state index is -0.654. The van der Waals surface area contributed by atoms with Gasteiger partial charge >= 0.3 is 0 Å². The number of anilines is 2. The van der Waals surface area contributed by atoms with Gasteiger partial charge < -0.3 is 10.1 Å². The number of para-hydroxylation sites is 2. The third-order valence-corrected chi connectivity index (χ3v) is 4.92. The molecule has 1 aliphatic rings. The van der Waals surface area contributed by atoms with Gasteiger partial charge in [0.15, 0.2) is 0 Å². The van der Waals surface area contributed by atoms with Crippen molar-refractivity contribution in [3.63, 3.8) is 0 Å². The molecule has 1 N–H and O–H groups in total. The zero-order valence-electron chi connectivity index (χ0n) is 15.3. The lowest BCUT2D eigenvalue weighted by molar-refractivity contribution is -0.124. The van der Waals surface area contributed by atoms with E-state index in [1.54, 1.807) is 36.3 Å². The Morgan fingerprint density at radius 2 is 2.07 bits per heavy atom. The molecule has 0 radical (unpaired) electrons. The largest absolute Gasteiger partial charge is 0.383 e. The van der Waals surface area contributed by atoms with Crippen molar-refractivity contribution in [2.75, 3.05) is 30.5 Å². The Morgan fingerprint density at radius 1 is 1.25 bits per heavy atom. The van der Waals surface area contributed by atoms with Gasteiger partial charge in [-0.1, -0.05) is 29.8 Å². The Labute approximate surface area is 166 Å². The van der Waals surface area contributed by atoms with Crippen LogP contribution in [0.4, 0.5) is 11.6 Å². The van der Waals surface area contributed by atoms with Crippen LogP contribution in [0.2, 0.25) is 5.02 Å². The number of hydrogen-bond donors (Lipinski definition) is 1. The minimum Gasteiger partial charge on any atom is -0.383 e. The number of fused-ring (bicyclic) bond motifs is 3. The Morgan fingerprint density at radius 3 is 2.86 bits per heavy atom. The number of methoxy groups -OCH3 is 1. The van der Waals surface area contributed by atoms with Crippen molar-refractivity contribution in [3.05, 3.63) is 53.6 Å². The molecule has 144 valence electrons. The Hall–Kier alpha value is -2.90. The van der Waals surface area contributed by atoms with Crippen LogP contribution >= 0.6 is 11.6 Å². The molecule has 4 rings (SSSR count). The van der Waals surface area contributed by atoms with E-state index in [1.807, 2.05) is 28.8 Å². The van der Waals surface area contributed by atoms with Crippen LogP contribution in [-0.4, -0.2) is 41.6 Å². The summed E-state index contributed by atoms with van der Waals surface area (Å²) < 4.78 is 6.96. The number of amides is 2. The zero-order chi connectivity index (χ0) is 19.7. The first-order chi connectivity index (χ1) is 13.6. The number of rotatable bonds is 6. The number of ether oxygens (including phenoxy) is 1. The lowest BCUT2D eigenvalue weighted by atomic mass is 10.1. The zero-order valence-corrected chi connectivity index (χ0v) is 16.0. The fraction of sp³-hybridized carbons (Fsp3) is 0.250. The van der Waals surface area contributed by atoms with Crippen molar-refractivity contribution in [2.45, 2.75) is 12.5 Å². The third kappa shape index (κ3) is 3.34. The summed E-state index contributed by atoms with van der Waals surface area (Å²) in [7, 11) is 1.58. The molecule has 0 unspecified atom stereocenters. The van der Waals surface area contributed by atoms with E-state index in [2.05, 4.69) is 10.3 Å².